The smallest absolute Gasteiger partial charge is 0.293 e. The fourth-order valence-electron chi connectivity index (χ4n) is 2.32. The lowest BCUT2D eigenvalue weighted by Crippen LogP contribution is -2.32. The molecule has 0 bridgehead atoms. The van der Waals surface area contributed by atoms with Gasteiger partial charge in [-0.25, -0.2) is 0 Å². The van der Waals surface area contributed by atoms with Gasteiger partial charge in [0.05, 0.1) is 16.4 Å². The third kappa shape index (κ3) is 4.66. The first-order valence-corrected chi connectivity index (χ1v) is 9.02. The van der Waals surface area contributed by atoms with E-state index in [2.05, 4.69) is 0 Å². The molecule has 1 saturated heterocycles. The zero-order valence-corrected chi connectivity index (χ0v) is 15.4. The summed E-state index contributed by atoms with van der Waals surface area (Å²) < 4.78 is 5.51. The molecule has 138 valence electrons. The van der Waals surface area contributed by atoms with E-state index in [0.717, 1.165) is 16.7 Å². The summed E-state index contributed by atoms with van der Waals surface area (Å²) in [6.45, 7) is 0.273. The molecule has 3 rings (SSSR count). The molecule has 0 aliphatic carbocycles. The number of nitrogens with zero attached hydrogens (tertiary/aromatic N) is 2. The van der Waals surface area contributed by atoms with Crippen LogP contribution in [0.5, 0.6) is 5.75 Å². The third-order valence-corrected chi connectivity index (χ3v) is 4.83. The van der Waals surface area contributed by atoms with Crippen molar-refractivity contribution in [2.75, 3.05) is 13.2 Å². The minimum absolute atomic E-state index is 0.0420. The molecule has 27 heavy (non-hydrogen) atoms. The van der Waals surface area contributed by atoms with Gasteiger partial charge in [0.2, 0.25) is 0 Å². The largest absolute Gasteiger partial charge is 0.492 e. The molecule has 0 N–H and O–H groups in total. The number of rotatable bonds is 6. The van der Waals surface area contributed by atoms with Crippen LogP contribution >= 0.6 is 23.4 Å². The average Bonchev–Trinajstić information content (AvgIpc) is 2.91. The average molecular weight is 405 g/mol. The molecule has 0 radical (unpaired) electrons. The van der Waals surface area contributed by atoms with Gasteiger partial charge in [0, 0.05) is 17.2 Å². The van der Waals surface area contributed by atoms with Crippen molar-refractivity contribution in [1.29, 1.82) is 0 Å². The fraction of sp³-hybridized carbons (Fsp3) is 0.111. The SMILES string of the molecule is O=C1S/C(=C\c2ccc([N+](=O)[O-])cc2)C(=O)N1CCOc1ccc(Cl)cc1. The van der Waals surface area contributed by atoms with Crippen molar-refractivity contribution in [2.45, 2.75) is 0 Å². The lowest BCUT2D eigenvalue weighted by Gasteiger charge is -2.13. The number of benzene rings is 2. The lowest BCUT2D eigenvalue weighted by atomic mass is 10.2. The van der Waals surface area contributed by atoms with Gasteiger partial charge >= 0.3 is 0 Å². The summed E-state index contributed by atoms with van der Waals surface area (Å²) in [4.78, 5) is 36.0. The Morgan fingerprint density at radius 2 is 1.78 bits per heavy atom. The zero-order chi connectivity index (χ0) is 19.4. The topological polar surface area (TPSA) is 89.8 Å². The zero-order valence-electron chi connectivity index (χ0n) is 13.8. The van der Waals surface area contributed by atoms with Crippen molar-refractivity contribution in [1.82, 2.24) is 4.90 Å². The van der Waals surface area contributed by atoms with E-state index < -0.39 is 10.8 Å². The van der Waals surface area contributed by atoms with E-state index >= 15 is 0 Å². The van der Waals surface area contributed by atoms with Crippen LogP contribution in [0.4, 0.5) is 10.5 Å². The van der Waals surface area contributed by atoms with Crippen LogP contribution in [0.1, 0.15) is 5.56 Å². The second-order valence-electron chi connectivity index (χ2n) is 5.48. The van der Waals surface area contributed by atoms with Crippen molar-refractivity contribution in [3.05, 3.63) is 74.1 Å². The normalized spacial score (nSPS) is 15.4. The van der Waals surface area contributed by atoms with E-state index in [0.29, 0.717) is 16.3 Å². The van der Waals surface area contributed by atoms with Crippen LogP contribution in [0.3, 0.4) is 0 Å². The van der Waals surface area contributed by atoms with Gasteiger partial charge in [0.15, 0.2) is 0 Å². The van der Waals surface area contributed by atoms with Gasteiger partial charge in [-0.3, -0.25) is 24.6 Å². The highest BCUT2D eigenvalue weighted by atomic mass is 35.5. The molecule has 7 nitrogen and oxygen atoms in total. The highest BCUT2D eigenvalue weighted by Crippen LogP contribution is 2.32. The van der Waals surface area contributed by atoms with Crippen molar-refractivity contribution >= 4 is 46.3 Å². The van der Waals surface area contributed by atoms with E-state index in [1.807, 2.05) is 0 Å². The molecule has 9 heteroatoms. The number of nitro groups is 1. The van der Waals surface area contributed by atoms with Gasteiger partial charge in [0.25, 0.3) is 16.8 Å². The molecule has 2 aromatic carbocycles. The molecule has 1 heterocycles. The van der Waals surface area contributed by atoms with Gasteiger partial charge in [0.1, 0.15) is 12.4 Å². The Kier molecular flexibility index (Phi) is 5.78. The Morgan fingerprint density at radius 1 is 1.11 bits per heavy atom. The fourth-order valence-corrected chi connectivity index (χ4v) is 3.31. The molecule has 0 saturated carbocycles. The van der Waals surface area contributed by atoms with Crippen LogP contribution < -0.4 is 4.74 Å². The van der Waals surface area contributed by atoms with Crippen molar-refractivity contribution in [3.63, 3.8) is 0 Å². The number of thioether (sulfide) groups is 1. The van der Waals surface area contributed by atoms with Crippen LogP contribution in [0.15, 0.2) is 53.4 Å². The Balaban J connectivity index is 1.62. The maximum absolute atomic E-state index is 12.4. The van der Waals surface area contributed by atoms with Crippen LogP contribution in [0.2, 0.25) is 5.02 Å². The van der Waals surface area contributed by atoms with Crippen LogP contribution in [-0.4, -0.2) is 34.1 Å². The minimum Gasteiger partial charge on any atom is -0.492 e. The van der Waals surface area contributed by atoms with Gasteiger partial charge in [-0.2, -0.15) is 0 Å². The molecule has 2 amide bonds. The predicted molar refractivity (Wildman–Crippen MR) is 103 cm³/mol. The number of nitro benzene ring substituents is 1. The molecule has 0 spiro atoms. The Bertz CT molecular complexity index is 912. The predicted octanol–water partition coefficient (Wildman–Crippen LogP) is 4.36. The van der Waals surface area contributed by atoms with E-state index in [-0.39, 0.29) is 29.0 Å². The maximum Gasteiger partial charge on any atom is 0.293 e. The van der Waals surface area contributed by atoms with Crippen molar-refractivity contribution in [2.24, 2.45) is 0 Å². The number of non-ortho nitro benzene ring substituents is 1. The first-order valence-electron chi connectivity index (χ1n) is 7.82. The molecular weight excluding hydrogens is 392 g/mol. The molecule has 0 atom stereocenters. The lowest BCUT2D eigenvalue weighted by molar-refractivity contribution is -0.384. The van der Waals surface area contributed by atoms with Crippen LogP contribution in [-0.2, 0) is 4.79 Å². The summed E-state index contributed by atoms with van der Waals surface area (Å²) in [5.41, 5.74) is 0.558. The summed E-state index contributed by atoms with van der Waals surface area (Å²) >= 11 is 6.63. The van der Waals surface area contributed by atoms with Crippen molar-refractivity contribution in [3.8, 4) is 5.75 Å². The number of carbonyl (C=O) groups is 2. The van der Waals surface area contributed by atoms with E-state index in [9.17, 15) is 19.7 Å². The highest BCUT2D eigenvalue weighted by molar-refractivity contribution is 8.18. The maximum atomic E-state index is 12.4. The van der Waals surface area contributed by atoms with Gasteiger partial charge in [-0.15, -0.1) is 0 Å². The Labute approximate surface area is 163 Å². The molecule has 2 aromatic rings. The number of carbonyl (C=O) groups excluding carboxylic acids is 2. The van der Waals surface area contributed by atoms with E-state index in [1.165, 1.54) is 30.3 Å². The first-order chi connectivity index (χ1) is 12.9. The summed E-state index contributed by atoms with van der Waals surface area (Å²) in [6, 6.07) is 12.5. The second-order valence-corrected chi connectivity index (χ2v) is 6.91. The molecule has 0 unspecified atom stereocenters. The number of amides is 2. The third-order valence-electron chi connectivity index (χ3n) is 3.67. The van der Waals surface area contributed by atoms with Crippen LogP contribution in [0.25, 0.3) is 6.08 Å². The van der Waals surface area contributed by atoms with Gasteiger partial charge in [-0.1, -0.05) is 11.6 Å². The highest BCUT2D eigenvalue weighted by Gasteiger charge is 2.34. The molecule has 1 aliphatic heterocycles. The number of imide groups is 1. The van der Waals surface area contributed by atoms with Gasteiger partial charge < -0.3 is 4.74 Å². The summed E-state index contributed by atoms with van der Waals surface area (Å²) in [5.74, 6) is 0.177. The number of hydrogen-bond acceptors (Lipinski definition) is 6. The Hall–Kier alpha value is -2.84. The summed E-state index contributed by atoms with van der Waals surface area (Å²) in [6.07, 6.45) is 1.54. The Morgan fingerprint density at radius 3 is 2.41 bits per heavy atom. The van der Waals surface area contributed by atoms with Crippen molar-refractivity contribution < 1.29 is 19.2 Å². The van der Waals surface area contributed by atoms with Crippen LogP contribution in [0, 0.1) is 10.1 Å². The molecule has 1 aliphatic rings. The second kappa shape index (κ2) is 8.24. The molecule has 1 fully saturated rings. The number of ether oxygens (including phenoxy) is 1. The standard InChI is InChI=1S/C18H13ClN2O5S/c19-13-3-7-15(8-4-13)26-10-9-20-17(22)16(27-18(20)23)11-12-1-5-14(6-2-12)21(24)25/h1-8,11H,9-10H2/b16-11-. The molecular formula is C18H13ClN2O5S. The number of hydrogen-bond donors (Lipinski definition) is 0. The number of halogens is 1. The summed E-state index contributed by atoms with van der Waals surface area (Å²) in [7, 11) is 0. The monoisotopic (exact) mass is 404 g/mol. The van der Waals surface area contributed by atoms with E-state index in [4.69, 9.17) is 16.3 Å². The summed E-state index contributed by atoms with van der Waals surface area (Å²) in [5, 5.41) is 10.9. The minimum atomic E-state index is -0.502. The quantitative estimate of drug-likeness (QED) is 0.403. The first kappa shape index (κ1) is 18.9. The molecule has 0 aromatic heterocycles. The van der Waals surface area contributed by atoms with Gasteiger partial charge in [-0.05, 0) is 59.8 Å². The van der Waals surface area contributed by atoms with E-state index in [1.54, 1.807) is 24.3 Å².